The minimum absolute atomic E-state index is 0. The Morgan fingerprint density at radius 2 is 1.10 bits per heavy atom. The fourth-order valence-corrected chi connectivity index (χ4v) is 9.35. The summed E-state index contributed by atoms with van der Waals surface area (Å²) >= 11 is 19.1. The van der Waals surface area contributed by atoms with Gasteiger partial charge in [0.05, 0.1) is 48.7 Å². The van der Waals surface area contributed by atoms with Gasteiger partial charge in [0.1, 0.15) is 51.2 Å². The van der Waals surface area contributed by atoms with Crippen LogP contribution in [0, 0.1) is 0 Å². The molecule has 2 aliphatic rings. The number of nitrogens with two attached hydrogens (primary N) is 1. The summed E-state index contributed by atoms with van der Waals surface area (Å²) in [5.74, 6) is 3.46. The van der Waals surface area contributed by atoms with Crippen LogP contribution in [-0.4, -0.2) is 125 Å². The van der Waals surface area contributed by atoms with Gasteiger partial charge in [0, 0.05) is 51.8 Å². The topological polar surface area (TPSA) is 269 Å². The van der Waals surface area contributed by atoms with E-state index in [4.69, 9.17) is 85.9 Å². The number of nitrogens with one attached hydrogen (secondary N) is 1. The molecule has 8 aromatic rings. The first kappa shape index (κ1) is 72.9. The van der Waals surface area contributed by atoms with Crippen molar-refractivity contribution in [1.29, 1.82) is 0 Å². The summed E-state index contributed by atoms with van der Waals surface area (Å²) in [6.07, 6.45) is 4.15. The third-order valence-corrected chi connectivity index (χ3v) is 13.3. The summed E-state index contributed by atoms with van der Waals surface area (Å²) in [7, 11) is 3.30. The van der Waals surface area contributed by atoms with Crippen LogP contribution in [0.25, 0.3) is 45.1 Å². The Bertz CT molecular complexity index is 3540. The number of imidazole rings is 2. The van der Waals surface area contributed by atoms with Crippen LogP contribution in [-0.2, 0) is 37.0 Å². The predicted molar refractivity (Wildman–Crippen MR) is 325 cm³/mol. The molecule has 27 heteroatoms. The van der Waals surface area contributed by atoms with Crippen LogP contribution < -0.4 is 129 Å². The SMILES string of the molecule is CC(C)(C)OC(=O)N1CCC(n2c(-c3ccccc3Cl)nc3cnc(Cl)nc32)C1.COc1ccc(CN)cc1.COc1ccc(CNc2ncc3nc(-c4ccccc4Cl)n(C4CCN(C(=O)OC(C)(C)C)C4)c3n2)cc1.O=CO[O-].[2H]CC(C)=O.[H-].[K+].[K+]. The van der Waals surface area contributed by atoms with E-state index < -0.39 is 11.2 Å². The molecule has 0 saturated carbocycles. The molecule has 4 aromatic carbocycles. The summed E-state index contributed by atoms with van der Waals surface area (Å²) in [6.45, 7) is 15.6. The number of ether oxygens (including phenoxy) is 4. The zero-order valence-corrected chi connectivity index (χ0v) is 59.3. The van der Waals surface area contributed by atoms with Crippen LogP contribution in [0.15, 0.2) is 109 Å². The second kappa shape index (κ2) is 35.5. The van der Waals surface area contributed by atoms with Crippen molar-refractivity contribution in [3.8, 4) is 34.3 Å². The number of rotatable bonds is 11. The maximum atomic E-state index is 12.8. The van der Waals surface area contributed by atoms with Gasteiger partial charge in [-0.25, -0.2) is 29.5 Å². The molecular formula is C60H71Cl3K2N12O10. The number of likely N-dealkylation sites (tertiary alicyclic amines) is 2. The molecule has 4 aromatic heterocycles. The number of carbonyl (C=O) groups excluding carboxylic acids is 4. The Morgan fingerprint density at radius 1 is 0.690 bits per heavy atom. The molecule has 2 fully saturated rings. The number of aromatic nitrogens is 8. The van der Waals surface area contributed by atoms with Crippen LogP contribution in [0.5, 0.6) is 11.5 Å². The van der Waals surface area contributed by atoms with Crippen LogP contribution in [0.4, 0.5) is 15.5 Å². The molecule has 3 N–H and O–H groups in total. The van der Waals surface area contributed by atoms with E-state index in [1.807, 2.05) is 143 Å². The van der Waals surface area contributed by atoms with E-state index in [1.54, 1.807) is 36.4 Å². The van der Waals surface area contributed by atoms with Crippen molar-refractivity contribution in [1.82, 2.24) is 48.8 Å². The molecule has 2 unspecified atom stereocenters. The van der Waals surface area contributed by atoms with Gasteiger partial charge in [0.15, 0.2) is 11.3 Å². The quantitative estimate of drug-likeness (QED) is 0.0551. The predicted octanol–water partition coefficient (Wildman–Crippen LogP) is 5.24. The molecule has 87 heavy (non-hydrogen) atoms. The first-order valence-corrected chi connectivity index (χ1v) is 27.9. The van der Waals surface area contributed by atoms with Gasteiger partial charge in [-0.05, 0) is 139 Å². The fraction of sp³-hybridized carbons (Fsp3) is 0.367. The average Bonchev–Trinajstić information content (AvgIpc) is 1.90. The average molecular weight is 1310 g/mol. The number of ketones is 1. The summed E-state index contributed by atoms with van der Waals surface area (Å²) in [5, 5.41) is 13.1. The number of fused-ring (bicyclic) bond motifs is 2. The number of hydrogen-bond acceptors (Lipinski definition) is 18. The molecule has 6 heterocycles. The molecular weight excluding hydrogens is 1230 g/mol. The number of nitrogens with zero attached hydrogens (tertiary/aromatic N) is 10. The van der Waals surface area contributed by atoms with Crippen LogP contribution in [0.2, 0.25) is 15.3 Å². The van der Waals surface area contributed by atoms with Gasteiger partial charge in [-0.15, -0.1) is 0 Å². The number of halogens is 3. The van der Waals surface area contributed by atoms with Gasteiger partial charge in [-0.1, -0.05) is 71.7 Å². The van der Waals surface area contributed by atoms with Gasteiger partial charge in [0.2, 0.25) is 11.2 Å². The number of Topliss-reactive ketones (excluding diaryl/α,β-unsaturated/α-hetero) is 1. The van der Waals surface area contributed by atoms with Crippen LogP contribution >= 0.6 is 34.8 Å². The van der Waals surface area contributed by atoms with Gasteiger partial charge in [0.25, 0.3) is 6.47 Å². The Hall–Kier alpha value is -4.88. The first-order valence-electron chi connectivity index (χ1n) is 27.5. The van der Waals surface area contributed by atoms with E-state index in [0.717, 1.165) is 46.6 Å². The van der Waals surface area contributed by atoms with Gasteiger partial charge in [-0.3, -0.25) is 4.79 Å². The van der Waals surface area contributed by atoms with Crippen molar-refractivity contribution in [2.24, 2.45) is 5.73 Å². The summed E-state index contributed by atoms with van der Waals surface area (Å²) in [5.41, 5.74) is 10.7. The summed E-state index contributed by atoms with van der Waals surface area (Å²) in [6, 6.07) is 30.6. The number of carbonyl (C=O) groups is 4. The molecule has 0 radical (unpaired) electrons. The monoisotopic (exact) mass is 1300 g/mol. The zero-order valence-electron chi connectivity index (χ0n) is 52.8. The van der Waals surface area contributed by atoms with Crippen molar-refractivity contribution in [3.05, 3.63) is 136 Å². The molecule has 0 spiro atoms. The molecule has 2 aliphatic heterocycles. The van der Waals surface area contributed by atoms with Crippen LogP contribution in [0.1, 0.15) is 94.2 Å². The Balaban J connectivity index is 0.000000356. The first-order chi connectivity index (χ1) is 41.0. The number of anilines is 1. The largest absolute Gasteiger partial charge is 1.00 e. The minimum atomic E-state index is -0.558. The van der Waals surface area contributed by atoms with E-state index in [-0.39, 0.29) is 153 Å². The van der Waals surface area contributed by atoms with Crippen molar-refractivity contribution >= 4 is 87.5 Å². The second-order valence-corrected chi connectivity index (χ2v) is 22.4. The molecule has 2 saturated heterocycles. The van der Waals surface area contributed by atoms with Crippen molar-refractivity contribution in [3.63, 3.8) is 0 Å². The standard InChI is InChI=1S/C28H31ClN6O3.C20H21Cl2N5O2.C8H11NO.C3H6O.CH2O3.2K.H/c1-28(2,3)38-27(36)34-14-13-19(17-34)35-24(21-7-5-6-8-22(21)29)32-23-16-31-26(33-25(23)35)30-15-18-9-11-20(37-4)12-10-18;1-20(2,3)29-19(28)26-9-8-12(11-26)27-16(13-6-4-5-7-14(13)21)24-15-10-23-18(22)25-17(15)27;1-10-8-4-2-7(6-9)3-5-8;1-3(2)4;2-1-4-3;;;/h5-12,16,19H,13-15,17H2,1-4H3,(H,30,31,33);4-7,10,12H,8-9,11H2,1-3H3;2-5H,6,9H2,1H3;1-2H3;1,3H;;;/q;;;;;2*+1;-1/p-1/i;;;1D;;;;. The van der Waals surface area contributed by atoms with Gasteiger partial charge < -0.3 is 65.3 Å². The zero-order chi connectivity index (χ0) is 62.7. The molecule has 454 valence electrons. The smallest absolute Gasteiger partial charge is 1.00 e. The maximum Gasteiger partial charge on any atom is 1.00 e. The molecule has 0 bridgehead atoms. The molecule has 0 aliphatic carbocycles. The number of methoxy groups -OCH3 is 2. The van der Waals surface area contributed by atoms with E-state index in [0.29, 0.717) is 89.2 Å². The number of hydrogen-bond donors (Lipinski definition) is 2. The van der Waals surface area contributed by atoms with Crippen molar-refractivity contribution in [2.45, 2.75) is 105 Å². The summed E-state index contributed by atoms with van der Waals surface area (Å²) in [4.78, 5) is 77.0. The molecule has 2 amide bonds. The minimum Gasteiger partial charge on any atom is -1.00 e. The second-order valence-electron chi connectivity index (χ2n) is 21.2. The summed E-state index contributed by atoms with van der Waals surface area (Å²) < 4.78 is 31.7. The van der Waals surface area contributed by atoms with Crippen LogP contribution in [0.3, 0.4) is 0 Å². The molecule has 2 atom stereocenters. The van der Waals surface area contributed by atoms with E-state index in [2.05, 4.69) is 29.7 Å². The normalized spacial score (nSPS) is 14.3. The van der Waals surface area contributed by atoms with E-state index in [9.17, 15) is 14.4 Å². The molecule has 10 rings (SSSR count). The third kappa shape index (κ3) is 22.2. The Labute approximate surface area is 609 Å². The van der Waals surface area contributed by atoms with Crippen molar-refractivity contribution in [2.75, 3.05) is 45.7 Å². The van der Waals surface area contributed by atoms with Crippen molar-refractivity contribution < 1.29 is 154 Å². The Morgan fingerprint density at radius 3 is 1.49 bits per heavy atom. The maximum absolute atomic E-state index is 12.8. The third-order valence-electron chi connectivity index (χ3n) is 12.5. The molecule has 22 nitrogen and oxygen atoms in total. The van der Waals surface area contributed by atoms with E-state index in [1.165, 1.54) is 6.92 Å². The Kier molecular flexibility index (Phi) is 29.7. The van der Waals surface area contributed by atoms with E-state index >= 15 is 0 Å². The fourth-order valence-electron chi connectivity index (χ4n) is 8.78. The number of benzene rings is 4. The number of amides is 2. The van der Waals surface area contributed by atoms with Gasteiger partial charge >= 0.3 is 115 Å². The van der Waals surface area contributed by atoms with Gasteiger partial charge in [-0.2, -0.15) is 9.97 Å².